The van der Waals surface area contributed by atoms with E-state index in [9.17, 15) is 14.5 Å². The summed E-state index contributed by atoms with van der Waals surface area (Å²) in [6, 6.07) is 8.32. The van der Waals surface area contributed by atoms with Crippen molar-refractivity contribution in [3.8, 4) is 17.0 Å². The molecular weight excluding hydrogens is 239 g/mol. The summed E-state index contributed by atoms with van der Waals surface area (Å²) < 4.78 is 18.2. The molecule has 1 aromatic heterocycles. The number of nitro groups is 1. The van der Waals surface area contributed by atoms with Crippen LogP contribution in [0.25, 0.3) is 11.3 Å². The van der Waals surface area contributed by atoms with E-state index in [-0.39, 0.29) is 11.5 Å². The SMILES string of the molecule is COc1ccc([N+](=O)[O-])nc1-c1cccc(F)c1. The second kappa shape index (κ2) is 4.79. The molecule has 0 unspecified atom stereocenters. The average molecular weight is 248 g/mol. The second-order valence-corrected chi connectivity index (χ2v) is 3.49. The Kier molecular flexibility index (Phi) is 3.18. The van der Waals surface area contributed by atoms with Gasteiger partial charge in [-0.2, -0.15) is 0 Å². The van der Waals surface area contributed by atoms with Gasteiger partial charge in [0.05, 0.1) is 7.11 Å². The lowest BCUT2D eigenvalue weighted by Crippen LogP contribution is -1.97. The summed E-state index contributed by atoms with van der Waals surface area (Å²) in [4.78, 5) is 13.9. The summed E-state index contributed by atoms with van der Waals surface area (Å²) in [5, 5.41) is 10.7. The molecule has 0 radical (unpaired) electrons. The third-order valence-electron chi connectivity index (χ3n) is 2.35. The number of hydrogen-bond donors (Lipinski definition) is 0. The van der Waals surface area contributed by atoms with Gasteiger partial charge in [-0.3, -0.25) is 0 Å². The van der Waals surface area contributed by atoms with E-state index in [2.05, 4.69) is 4.98 Å². The molecule has 0 amide bonds. The fourth-order valence-electron chi connectivity index (χ4n) is 1.55. The monoisotopic (exact) mass is 248 g/mol. The van der Waals surface area contributed by atoms with Gasteiger partial charge in [0, 0.05) is 11.6 Å². The molecule has 0 fully saturated rings. The third kappa shape index (κ3) is 2.27. The van der Waals surface area contributed by atoms with Crippen LogP contribution in [0.3, 0.4) is 0 Å². The van der Waals surface area contributed by atoms with Crippen molar-refractivity contribution in [1.29, 1.82) is 0 Å². The minimum Gasteiger partial charge on any atom is -0.492 e. The predicted octanol–water partition coefficient (Wildman–Crippen LogP) is 2.80. The quantitative estimate of drug-likeness (QED) is 0.618. The first-order valence-corrected chi connectivity index (χ1v) is 5.07. The molecular formula is C12H9FN2O3. The molecule has 0 aliphatic rings. The van der Waals surface area contributed by atoms with Gasteiger partial charge in [0.2, 0.25) is 5.69 Å². The molecule has 0 atom stereocenters. The Balaban J connectivity index is 2.60. The van der Waals surface area contributed by atoms with Crippen molar-refractivity contribution in [3.05, 3.63) is 52.3 Å². The highest BCUT2D eigenvalue weighted by Crippen LogP contribution is 2.30. The first-order valence-electron chi connectivity index (χ1n) is 5.07. The van der Waals surface area contributed by atoms with Gasteiger partial charge in [-0.1, -0.05) is 12.1 Å². The van der Waals surface area contributed by atoms with Crippen molar-refractivity contribution in [2.75, 3.05) is 7.11 Å². The van der Waals surface area contributed by atoms with E-state index in [0.717, 1.165) is 0 Å². The van der Waals surface area contributed by atoms with Crippen LogP contribution >= 0.6 is 0 Å². The van der Waals surface area contributed by atoms with Gasteiger partial charge in [-0.25, -0.2) is 4.39 Å². The van der Waals surface area contributed by atoms with Crippen LogP contribution in [0.2, 0.25) is 0 Å². The lowest BCUT2D eigenvalue weighted by Gasteiger charge is -2.04. The number of rotatable bonds is 3. The maximum absolute atomic E-state index is 13.1. The maximum Gasteiger partial charge on any atom is 0.364 e. The first kappa shape index (κ1) is 12.0. The molecule has 0 bridgehead atoms. The maximum atomic E-state index is 13.1. The molecule has 0 aliphatic carbocycles. The van der Waals surface area contributed by atoms with Crippen LogP contribution in [0.1, 0.15) is 0 Å². The van der Waals surface area contributed by atoms with Crippen LogP contribution in [-0.4, -0.2) is 17.0 Å². The van der Waals surface area contributed by atoms with Crippen molar-refractivity contribution in [1.82, 2.24) is 4.98 Å². The molecule has 0 saturated heterocycles. The fraction of sp³-hybridized carbons (Fsp3) is 0.0833. The van der Waals surface area contributed by atoms with Gasteiger partial charge in [0.1, 0.15) is 5.82 Å². The number of aromatic nitrogens is 1. The van der Waals surface area contributed by atoms with Crippen LogP contribution in [-0.2, 0) is 0 Å². The van der Waals surface area contributed by atoms with Gasteiger partial charge >= 0.3 is 5.82 Å². The Labute approximate surface area is 102 Å². The number of nitrogens with zero attached hydrogens (tertiary/aromatic N) is 2. The molecule has 92 valence electrons. The van der Waals surface area contributed by atoms with Crippen molar-refractivity contribution >= 4 is 5.82 Å². The Bertz CT molecular complexity index is 602. The molecule has 1 heterocycles. The zero-order chi connectivity index (χ0) is 13.1. The lowest BCUT2D eigenvalue weighted by molar-refractivity contribution is -0.389. The van der Waals surface area contributed by atoms with E-state index in [1.807, 2.05) is 0 Å². The number of ether oxygens (including phenoxy) is 1. The first-order chi connectivity index (χ1) is 8.61. The van der Waals surface area contributed by atoms with Crippen molar-refractivity contribution < 1.29 is 14.1 Å². The van der Waals surface area contributed by atoms with E-state index in [4.69, 9.17) is 4.74 Å². The Morgan fingerprint density at radius 3 is 2.72 bits per heavy atom. The third-order valence-corrected chi connectivity index (χ3v) is 2.35. The number of benzene rings is 1. The van der Waals surface area contributed by atoms with Gasteiger partial charge in [-0.15, -0.1) is 0 Å². The average Bonchev–Trinajstić information content (AvgIpc) is 2.38. The second-order valence-electron chi connectivity index (χ2n) is 3.49. The number of methoxy groups -OCH3 is 1. The molecule has 0 aliphatic heterocycles. The highest BCUT2D eigenvalue weighted by molar-refractivity contribution is 5.67. The van der Waals surface area contributed by atoms with Gasteiger partial charge < -0.3 is 14.9 Å². The van der Waals surface area contributed by atoms with E-state index in [0.29, 0.717) is 11.3 Å². The largest absolute Gasteiger partial charge is 0.492 e. The van der Waals surface area contributed by atoms with Crippen LogP contribution in [0.15, 0.2) is 36.4 Å². The predicted molar refractivity (Wildman–Crippen MR) is 62.8 cm³/mol. The molecule has 5 nitrogen and oxygen atoms in total. The Morgan fingerprint density at radius 2 is 2.11 bits per heavy atom. The van der Waals surface area contributed by atoms with E-state index in [1.54, 1.807) is 6.07 Å². The molecule has 0 N–H and O–H groups in total. The van der Waals surface area contributed by atoms with Gasteiger partial charge in [0.15, 0.2) is 5.75 Å². The van der Waals surface area contributed by atoms with E-state index in [1.165, 1.54) is 37.4 Å². The molecule has 6 heteroatoms. The van der Waals surface area contributed by atoms with Gasteiger partial charge in [0.25, 0.3) is 0 Å². The van der Waals surface area contributed by atoms with Crippen LogP contribution in [0.4, 0.5) is 10.2 Å². The minimum absolute atomic E-state index is 0.242. The molecule has 2 rings (SSSR count). The topological polar surface area (TPSA) is 65.3 Å². The minimum atomic E-state index is -0.609. The number of hydrogen-bond acceptors (Lipinski definition) is 4. The van der Waals surface area contributed by atoms with Crippen LogP contribution in [0, 0.1) is 15.9 Å². The van der Waals surface area contributed by atoms with Crippen LogP contribution < -0.4 is 4.74 Å². The summed E-state index contributed by atoms with van der Waals surface area (Å²) in [5.74, 6) is -0.399. The van der Waals surface area contributed by atoms with E-state index >= 15 is 0 Å². The summed E-state index contributed by atoms with van der Waals surface area (Å²) >= 11 is 0. The number of halogens is 1. The summed E-state index contributed by atoms with van der Waals surface area (Å²) in [6.45, 7) is 0. The summed E-state index contributed by atoms with van der Waals surface area (Å²) in [6.07, 6.45) is 0. The zero-order valence-electron chi connectivity index (χ0n) is 9.46. The summed E-state index contributed by atoms with van der Waals surface area (Å²) in [7, 11) is 1.42. The lowest BCUT2D eigenvalue weighted by atomic mass is 10.1. The standard InChI is InChI=1S/C12H9FN2O3/c1-18-10-5-6-11(15(16)17)14-12(10)8-3-2-4-9(13)7-8/h2-7H,1H3. The van der Waals surface area contributed by atoms with E-state index < -0.39 is 10.7 Å². The Hall–Kier alpha value is -2.50. The fourth-order valence-corrected chi connectivity index (χ4v) is 1.55. The van der Waals surface area contributed by atoms with Crippen molar-refractivity contribution in [2.45, 2.75) is 0 Å². The molecule has 0 saturated carbocycles. The van der Waals surface area contributed by atoms with Gasteiger partial charge in [-0.05, 0) is 28.1 Å². The van der Waals surface area contributed by atoms with Crippen molar-refractivity contribution in [2.24, 2.45) is 0 Å². The van der Waals surface area contributed by atoms with Crippen LogP contribution in [0.5, 0.6) is 5.75 Å². The highest BCUT2D eigenvalue weighted by Gasteiger charge is 2.18. The Morgan fingerprint density at radius 1 is 1.33 bits per heavy atom. The zero-order valence-corrected chi connectivity index (χ0v) is 9.46. The molecule has 0 spiro atoms. The number of pyridine rings is 1. The molecule has 2 aromatic rings. The highest BCUT2D eigenvalue weighted by atomic mass is 19.1. The normalized spacial score (nSPS) is 10.1. The van der Waals surface area contributed by atoms with Crippen molar-refractivity contribution in [3.63, 3.8) is 0 Å². The smallest absolute Gasteiger partial charge is 0.364 e. The summed E-state index contributed by atoms with van der Waals surface area (Å²) in [5.41, 5.74) is 0.668. The molecule has 1 aromatic carbocycles. The molecule has 18 heavy (non-hydrogen) atoms.